The minimum absolute atomic E-state index is 0. The first-order valence-corrected chi connectivity index (χ1v) is 24.0. The normalized spacial score (nSPS) is 11.6. The van der Waals surface area contributed by atoms with Gasteiger partial charge in [-0.25, -0.2) is 9.59 Å². The SMILES string of the molecule is C.C1COCCN1.C1COCCN1.CCOC(=O)CC(C)=O.Cc1cc(=O)[nH]c(S)c1C#N.Cc1cc(=O)[nH]c(SCc2cccc(C(=O)O)c2)c1C#N.N#CCC(N)=S.O=C(O)c1cccc(CBr)c1. The fourth-order valence-electron chi connectivity index (χ4n) is 4.98. The Kier molecular flexibility index (Phi) is 38.2. The third-order valence-electron chi connectivity index (χ3n) is 8.18. The van der Waals surface area contributed by atoms with Gasteiger partial charge in [-0.2, -0.15) is 15.8 Å². The molecule has 2 aliphatic rings. The fourth-order valence-corrected chi connectivity index (χ4v) is 6.74. The smallest absolute Gasteiger partial charge is 0.335 e. The van der Waals surface area contributed by atoms with Gasteiger partial charge >= 0.3 is 17.9 Å². The Morgan fingerprint density at radius 3 is 1.63 bits per heavy atom. The molecule has 2 fully saturated rings. The van der Waals surface area contributed by atoms with Gasteiger partial charge in [0.1, 0.15) is 24.3 Å². The van der Waals surface area contributed by atoms with Crippen LogP contribution in [0.4, 0.5) is 0 Å². The maximum Gasteiger partial charge on any atom is 0.335 e. The molecule has 0 unspecified atom stereocenters. The molecule has 4 heterocycles. The van der Waals surface area contributed by atoms with E-state index in [1.165, 1.54) is 36.9 Å². The summed E-state index contributed by atoms with van der Waals surface area (Å²) in [6, 6.07) is 22.0. The van der Waals surface area contributed by atoms with Crippen molar-refractivity contribution in [2.75, 3.05) is 59.2 Å². The second-order valence-electron chi connectivity index (χ2n) is 13.9. The number of halogens is 1. The number of carbonyl (C=O) groups is 4. The van der Waals surface area contributed by atoms with Gasteiger partial charge in [-0.05, 0) is 74.2 Å². The molecule has 0 spiro atoms. The number of nitrogens with two attached hydrogens (primary N) is 1. The lowest BCUT2D eigenvalue weighted by molar-refractivity contribution is -0.145. The molecule has 0 aliphatic carbocycles. The third-order valence-corrected chi connectivity index (χ3v) is 10.4. The summed E-state index contributed by atoms with van der Waals surface area (Å²) in [5, 5.41) is 50.9. The molecule has 0 saturated carbocycles. The van der Waals surface area contributed by atoms with Crippen LogP contribution >= 0.6 is 52.5 Å². The molecule has 2 saturated heterocycles. The summed E-state index contributed by atoms with van der Waals surface area (Å²) in [6.07, 6.45) is 0.0865. The number of hydrogen-bond donors (Lipinski definition) is 8. The molecular formula is C48H61BrN8O11S3. The maximum atomic E-state index is 11.5. The number of carboxylic acids is 2. The Morgan fingerprint density at radius 2 is 1.28 bits per heavy atom. The minimum Gasteiger partial charge on any atom is -0.478 e. The number of alkyl halides is 1. The number of thiol groups is 1. The number of aromatic carboxylic acids is 2. The lowest BCUT2D eigenvalue weighted by Crippen LogP contribution is -2.30. The predicted molar refractivity (Wildman–Crippen MR) is 282 cm³/mol. The zero-order chi connectivity index (χ0) is 52.9. The van der Waals surface area contributed by atoms with Gasteiger partial charge in [-0.15, -0.1) is 24.4 Å². The first kappa shape index (κ1) is 66.9. The van der Waals surface area contributed by atoms with Crippen molar-refractivity contribution >= 4 is 81.2 Å². The largest absolute Gasteiger partial charge is 0.478 e. The van der Waals surface area contributed by atoms with Gasteiger partial charge in [0.05, 0.1) is 82.8 Å². The molecule has 71 heavy (non-hydrogen) atoms. The van der Waals surface area contributed by atoms with Crippen LogP contribution in [0.5, 0.6) is 0 Å². The molecule has 2 aromatic carbocycles. The van der Waals surface area contributed by atoms with Crippen molar-refractivity contribution in [1.82, 2.24) is 20.6 Å². The first-order valence-electron chi connectivity index (χ1n) is 21.0. The van der Waals surface area contributed by atoms with E-state index >= 15 is 0 Å². The number of carboxylic acid groups (broad SMARTS) is 2. The number of nitrogens with zero attached hydrogens (tertiary/aromatic N) is 3. The number of Topliss-reactive ketones (excluding diaryl/α,β-unsaturated/α-hetero) is 1. The molecule has 2 aliphatic heterocycles. The Balaban J connectivity index is 0. The number of carbonyl (C=O) groups excluding carboxylic acids is 2. The molecule has 19 nitrogen and oxygen atoms in total. The molecule has 6 rings (SSSR count). The van der Waals surface area contributed by atoms with Crippen LogP contribution in [0.3, 0.4) is 0 Å². The number of ketones is 1. The van der Waals surface area contributed by atoms with E-state index in [2.05, 4.69) is 72.2 Å². The molecule has 0 amide bonds. The highest BCUT2D eigenvalue weighted by atomic mass is 79.9. The fraction of sp³-hybridized carbons (Fsp3) is 0.375. The monoisotopic (exact) mass is 1100 g/mol. The molecule has 2 aromatic heterocycles. The van der Waals surface area contributed by atoms with Crippen molar-refractivity contribution in [1.29, 1.82) is 15.8 Å². The molecule has 384 valence electrons. The van der Waals surface area contributed by atoms with Crippen molar-refractivity contribution < 1.29 is 43.6 Å². The van der Waals surface area contributed by atoms with Gasteiger partial charge < -0.3 is 50.8 Å². The topological polar surface area (TPSA) is 324 Å². The van der Waals surface area contributed by atoms with E-state index in [1.807, 2.05) is 12.1 Å². The van der Waals surface area contributed by atoms with Crippen molar-refractivity contribution in [3.8, 4) is 18.2 Å². The number of pyridine rings is 2. The summed E-state index contributed by atoms with van der Waals surface area (Å²) in [7, 11) is 0. The number of hydrogen-bond acceptors (Lipinski definition) is 17. The Bertz CT molecular complexity index is 2490. The highest BCUT2D eigenvalue weighted by Crippen LogP contribution is 2.25. The second kappa shape index (κ2) is 40.5. The van der Waals surface area contributed by atoms with Crippen LogP contribution in [-0.4, -0.2) is 108 Å². The van der Waals surface area contributed by atoms with Crippen LogP contribution in [0.1, 0.15) is 88.2 Å². The van der Waals surface area contributed by atoms with Gasteiger partial charge in [-0.3, -0.25) is 19.2 Å². The molecule has 8 N–H and O–H groups in total. The number of nitriles is 3. The van der Waals surface area contributed by atoms with E-state index in [-0.39, 0.29) is 47.7 Å². The Morgan fingerprint density at radius 1 is 0.817 bits per heavy atom. The third kappa shape index (κ3) is 32.3. The average molecular weight is 1100 g/mol. The number of ether oxygens (including phenoxy) is 3. The van der Waals surface area contributed by atoms with Gasteiger partial charge in [0, 0.05) is 49.4 Å². The zero-order valence-corrected chi connectivity index (χ0v) is 43.2. The Labute approximate surface area is 437 Å². The summed E-state index contributed by atoms with van der Waals surface area (Å²) >= 11 is 12.8. The summed E-state index contributed by atoms with van der Waals surface area (Å²) in [4.78, 5) is 69.6. The van der Waals surface area contributed by atoms with Gasteiger partial charge in [-0.1, -0.05) is 59.8 Å². The number of benzene rings is 2. The van der Waals surface area contributed by atoms with Gasteiger partial charge in [0.25, 0.3) is 0 Å². The number of aromatic amines is 2. The molecule has 23 heteroatoms. The zero-order valence-electron chi connectivity index (χ0n) is 39.1. The number of aromatic nitrogens is 2. The van der Waals surface area contributed by atoms with Crippen molar-refractivity contribution in [2.45, 2.75) is 69.1 Å². The summed E-state index contributed by atoms with van der Waals surface area (Å²) in [5.41, 5.74) is 8.91. The predicted octanol–water partition coefficient (Wildman–Crippen LogP) is 6.23. The molecule has 0 radical (unpaired) electrons. The van der Waals surface area contributed by atoms with Crippen LogP contribution in [-0.2, 0) is 34.9 Å². The van der Waals surface area contributed by atoms with Crippen LogP contribution in [0.2, 0.25) is 0 Å². The second-order valence-corrected chi connectivity index (χ2v) is 16.4. The minimum atomic E-state index is -0.983. The quantitative estimate of drug-likeness (QED) is 0.0218. The highest BCUT2D eigenvalue weighted by Gasteiger charge is 2.10. The number of morpholine rings is 2. The number of H-pyrrole nitrogens is 2. The van der Waals surface area contributed by atoms with E-state index in [0.717, 1.165) is 63.7 Å². The van der Waals surface area contributed by atoms with E-state index in [9.17, 15) is 28.8 Å². The lowest BCUT2D eigenvalue weighted by atomic mass is 10.1. The summed E-state index contributed by atoms with van der Waals surface area (Å²) in [5.74, 6) is -2.00. The van der Waals surface area contributed by atoms with E-state index in [0.29, 0.717) is 55.6 Å². The molecular weight excluding hydrogens is 1040 g/mol. The lowest BCUT2D eigenvalue weighted by Gasteiger charge is -2.10. The van der Waals surface area contributed by atoms with Crippen molar-refractivity contribution in [3.05, 3.63) is 126 Å². The van der Waals surface area contributed by atoms with E-state index in [1.54, 1.807) is 63.2 Å². The summed E-state index contributed by atoms with van der Waals surface area (Å²) in [6.45, 7) is 14.5. The standard InChI is InChI=1S/C15H12N2O3S.C8H7BrO2.C7H6N2OS.C6H10O3.2C4H9NO.C3H4N2S.CH4/c1-9-5-13(18)17-14(12(9)7-16)21-8-10-3-2-4-11(6-10)15(19)20;9-5-6-2-1-3-7(4-6)8(10)11;1-4-2-6(10)9-7(11)5(4)3-8;1-3-9-6(8)4-5(2)7;2*1-3-6-4-2-5-1;4-2-1-3(5)6;/h2-6H,8H2,1H3,(H,17,18)(H,19,20);1-4H,5H2,(H,10,11);2H,1H3,(H2,9,10,11);3-4H2,1-2H3;2*5H,1-4H2;1H2,(H2,5,6);1H4. The number of esters is 1. The van der Waals surface area contributed by atoms with Crippen molar-refractivity contribution in [2.24, 2.45) is 5.73 Å². The maximum absolute atomic E-state index is 11.5. The van der Waals surface area contributed by atoms with Crippen LogP contribution in [0.15, 0.2) is 80.3 Å². The van der Waals surface area contributed by atoms with E-state index in [4.69, 9.17) is 41.2 Å². The number of rotatable bonds is 10. The van der Waals surface area contributed by atoms with Gasteiger partial charge in [0.2, 0.25) is 11.1 Å². The number of thioether (sulfide) groups is 1. The van der Waals surface area contributed by atoms with Crippen LogP contribution in [0, 0.1) is 47.8 Å². The highest BCUT2D eigenvalue weighted by molar-refractivity contribution is 9.08. The van der Waals surface area contributed by atoms with Crippen LogP contribution in [0.25, 0.3) is 0 Å². The Hall–Kier alpha value is -6.20. The number of nitrogens with one attached hydrogen (secondary N) is 4. The number of thiocarbonyl (C=S) groups is 1. The molecule has 0 atom stereocenters. The van der Waals surface area contributed by atoms with Crippen molar-refractivity contribution in [3.63, 3.8) is 0 Å². The van der Waals surface area contributed by atoms with E-state index < -0.39 is 17.9 Å². The average Bonchev–Trinajstić information content (AvgIpc) is 3.33. The molecule has 4 aromatic rings. The van der Waals surface area contributed by atoms with Gasteiger partial charge in [0.15, 0.2) is 0 Å². The first-order chi connectivity index (χ1) is 33.3. The summed E-state index contributed by atoms with van der Waals surface area (Å²) < 4.78 is 14.5. The number of aryl methyl sites for hydroxylation is 2. The molecule has 0 bridgehead atoms. The van der Waals surface area contributed by atoms with Crippen LogP contribution < -0.4 is 27.5 Å².